The SMILES string of the molecule is O=C(c1ncccc1Br)N1CCN(CC(F)(F)F)CC1. The lowest BCUT2D eigenvalue weighted by Crippen LogP contribution is -2.51. The smallest absolute Gasteiger partial charge is 0.335 e. The van der Waals surface area contributed by atoms with Crippen LogP contribution in [0.15, 0.2) is 22.8 Å². The third-order valence-corrected chi connectivity index (χ3v) is 3.66. The fraction of sp³-hybridized carbons (Fsp3) is 0.500. The van der Waals surface area contributed by atoms with E-state index in [9.17, 15) is 18.0 Å². The first-order valence-corrected chi connectivity index (χ1v) is 6.85. The second kappa shape index (κ2) is 6.09. The number of aromatic nitrogens is 1. The van der Waals surface area contributed by atoms with Gasteiger partial charge in [-0.05, 0) is 28.1 Å². The molecule has 0 N–H and O–H groups in total. The highest BCUT2D eigenvalue weighted by Crippen LogP contribution is 2.19. The maximum absolute atomic E-state index is 12.3. The van der Waals surface area contributed by atoms with Gasteiger partial charge in [0.15, 0.2) is 0 Å². The van der Waals surface area contributed by atoms with Gasteiger partial charge < -0.3 is 4.90 Å². The number of piperazine rings is 1. The molecule has 1 fully saturated rings. The van der Waals surface area contributed by atoms with E-state index >= 15 is 0 Å². The van der Waals surface area contributed by atoms with E-state index in [0.717, 1.165) is 0 Å². The zero-order valence-electron chi connectivity index (χ0n) is 10.5. The highest BCUT2D eigenvalue weighted by atomic mass is 79.9. The number of hydrogen-bond donors (Lipinski definition) is 0. The zero-order chi connectivity index (χ0) is 14.8. The lowest BCUT2D eigenvalue weighted by atomic mass is 10.2. The molecule has 1 amide bonds. The van der Waals surface area contributed by atoms with E-state index in [1.807, 2.05) is 0 Å². The Morgan fingerprint density at radius 1 is 1.30 bits per heavy atom. The number of pyridine rings is 1. The van der Waals surface area contributed by atoms with Crippen molar-refractivity contribution >= 4 is 21.8 Å². The number of hydrogen-bond acceptors (Lipinski definition) is 3. The van der Waals surface area contributed by atoms with Crippen molar-refractivity contribution in [2.24, 2.45) is 0 Å². The zero-order valence-corrected chi connectivity index (χ0v) is 12.1. The molecule has 110 valence electrons. The number of alkyl halides is 3. The van der Waals surface area contributed by atoms with Gasteiger partial charge in [0, 0.05) is 36.8 Å². The number of halogens is 4. The maximum atomic E-state index is 12.3. The van der Waals surface area contributed by atoms with E-state index in [4.69, 9.17) is 0 Å². The Morgan fingerprint density at radius 3 is 2.50 bits per heavy atom. The molecule has 0 spiro atoms. The van der Waals surface area contributed by atoms with Crippen molar-refractivity contribution in [1.29, 1.82) is 0 Å². The van der Waals surface area contributed by atoms with Crippen LogP contribution >= 0.6 is 15.9 Å². The van der Waals surface area contributed by atoms with Gasteiger partial charge in [0.1, 0.15) is 5.69 Å². The van der Waals surface area contributed by atoms with Gasteiger partial charge >= 0.3 is 6.18 Å². The second-order valence-corrected chi connectivity index (χ2v) is 5.37. The van der Waals surface area contributed by atoms with Crippen LogP contribution in [-0.4, -0.2) is 59.6 Å². The first kappa shape index (κ1) is 15.2. The Hall–Kier alpha value is -1.15. The van der Waals surface area contributed by atoms with E-state index in [2.05, 4.69) is 20.9 Å². The van der Waals surface area contributed by atoms with Gasteiger partial charge in [-0.25, -0.2) is 4.98 Å². The summed E-state index contributed by atoms with van der Waals surface area (Å²) in [4.78, 5) is 19.0. The summed E-state index contributed by atoms with van der Waals surface area (Å²) in [7, 11) is 0. The molecule has 1 aromatic rings. The standard InChI is InChI=1S/C12H13BrF3N3O/c13-9-2-1-3-17-10(9)11(20)19-6-4-18(5-7-19)8-12(14,15)16/h1-3H,4-8H2. The molecule has 0 atom stereocenters. The van der Waals surface area contributed by atoms with Crippen LogP contribution in [0.5, 0.6) is 0 Å². The lowest BCUT2D eigenvalue weighted by molar-refractivity contribution is -0.148. The van der Waals surface area contributed by atoms with Crippen LogP contribution in [0.4, 0.5) is 13.2 Å². The van der Waals surface area contributed by atoms with Gasteiger partial charge in [0.25, 0.3) is 5.91 Å². The summed E-state index contributed by atoms with van der Waals surface area (Å²) in [5, 5.41) is 0. The lowest BCUT2D eigenvalue weighted by Gasteiger charge is -2.34. The molecule has 2 heterocycles. The highest BCUT2D eigenvalue weighted by molar-refractivity contribution is 9.10. The summed E-state index contributed by atoms with van der Waals surface area (Å²) < 4.78 is 37.4. The second-order valence-electron chi connectivity index (χ2n) is 4.52. The van der Waals surface area contributed by atoms with Crippen LogP contribution in [-0.2, 0) is 0 Å². The van der Waals surface area contributed by atoms with Crippen LogP contribution in [0.1, 0.15) is 10.5 Å². The molecule has 2 rings (SSSR count). The third-order valence-electron chi connectivity index (χ3n) is 3.02. The summed E-state index contributed by atoms with van der Waals surface area (Å²) in [5.41, 5.74) is 0.289. The van der Waals surface area contributed by atoms with Crippen molar-refractivity contribution in [3.05, 3.63) is 28.5 Å². The fourth-order valence-electron chi connectivity index (χ4n) is 2.06. The van der Waals surface area contributed by atoms with Gasteiger partial charge in [-0.15, -0.1) is 0 Å². The minimum atomic E-state index is -4.20. The van der Waals surface area contributed by atoms with Crippen molar-refractivity contribution < 1.29 is 18.0 Å². The summed E-state index contributed by atoms with van der Waals surface area (Å²) in [6.45, 7) is 0.0591. The number of carbonyl (C=O) groups excluding carboxylic acids is 1. The molecular weight excluding hydrogens is 339 g/mol. The normalized spacial score (nSPS) is 17.3. The minimum absolute atomic E-state index is 0.218. The molecule has 0 radical (unpaired) electrons. The molecule has 20 heavy (non-hydrogen) atoms. The number of amides is 1. The van der Waals surface area contributed by atoms with Crippen LogP contribution < -0.4 is 0 Å². The molecule has 1 saturated heterocycles. The van der Waals surface area contributed by atoms with Crippen LogP contribution in [0.25, 0.3) is 0 Å². The van der Waals surface area contributed by atoms with Crippen LogP contribution in [0.3, 0.4) is 0 Å². The molecule has 4 nitrogen and oxygen atoms in total. The minimum Gasteiger partial charge on any atom is -0.335 e. The van der Waals surface area contributed by atoms with Crippen molar-refractivity contribution in [2.45, 2.75) is 6.18 Å². The molecule has 0 saturated carbocycles. The monoisotopic (exact) mass is 351 g/mol. The Morgan fingerprint density at radius 2 is 1.95 bits per heavy atom. The van der Waals surface area contributed by atoms with Gasteiger partial charge in [-0.3, -0.25) is 9.69 Å². The molecule has 0 aromatic carbocycles. The van der Waals surface area contributed by atoms with Gasteiger partial charge in [-0.1, -0.05) is 0 Å². The predicted octanol–water partition coefficient (Wildman–Crippen LogP) is 2.16. The van der Waals surface area contributed by atoms with Crippen molar-refractivity contribution in [3.8, 4) is 0 Å². The Kier molecular flexibility index (Phi) is 4.64. The highest BCUT2D eigenvalue weighted by Gasteiger charge is 2.33. The van der Waals surface area contributed by atoms with E-state index in [-0.39, 0.29) is 37.8 Å². The van der Waals surface area contributed by atoms with Crippen LogP contribution in [0.2, 0.25) is 0 Å². The molecule has 0 aliphatic carbocycles. The third kappa shape index (κ3) is 3.92. The average molecular weight is 352 g/mol. The summed E-state index contributed by atoms with van der Waals surface area (Å²) in [6, 6.07) is 3.41. The number of rotatable bonds is 2. The summed E-state index contributed by atoms with van der Waals surface area (Å²) >= 11 is 3.25. The van der Waals surface area contributed by atoms with E-state index < -0.39 is 12.7 Å². The van der Waals surface area contributed by atoms with Gasteiger partial charge in [0.05, 0.1) is 6.54 Å². The van der Waals surface area contributed by atoms with E-state index in [1.54, 1.807) is 12.1 Å². The number of nitrogens with zero attached hydrogens (tertiary/aromatic N) is 3. The Balaban J connectivity index is 1.94. The molecule has 0 bridgehead atoms. The van der Waals surface area contributed by atoms with Gasteiger partial charge in [0.2, 0.25) is 0 Å². The quantitative estimate of drug-likeness (QED) is 0.819. The summed E-state index contributed by atoms with van der Waals surface area (Å²) in [5.74, 6) is -0.260. The number of carbonyl (C=O) groups is 1. The summed E-state index contributed by atoms with van der Waals surface area (Å²) in [6.07, 6.45) is -2.69. The molecule has 0 unspecified atom stereocenters. The topological polar surface area (TPSA) is 36.4 Å². The molecule has 1 aliphatic heterocycles. The van der Waals surface area contributed by atoms with Crippen molar-refractivity contribution in [2.75, 3.05) is 32.7 Å². The first-order chi connectivity index (χ1) is 9.37. The van der Waals surface area contributed by atoms with E-state index in [1.165, 1.54) is 16.0 Å². The predicted molar refractivity (Wildman–Crippen MR) is 70.3 cm³/mol. The Bertz CT molecular complexity index is 487. The van der Waals surface area contributed by atoms with Crippen molar-refractivity contribution in [3.63, 3.8) is 0 Å². The fourth-order valence-corrected chi connectivity index (χ4v) is 2.48. The molecule has 8 heteroatoms. The Labute approximate surface area is 122 Å². The van der Waals surface area contributed by atoms with Gasteiger partial charge in [-0.2, -0.15) is 13.2 Å². The van der Waals surface area contributed by atoms with Crippen LogP contribution in [0, 0.1) is 0 Å². The average Bonchev–Trinajstić information content (AvgIpc) is 2.37. The molecular formula is C12H13BrF3N3O. The molecule has 1 aromatic heterocycles. The maximum Gasteiger partial charge on any atom is 0.401 e. The van der Waals surface area contributed by atoms with E-state index in [0.29, 0.717) is 4.47 Å². The molecule has 1 aliphatic rings. The largest absolute Gasteiger partial charge is 0.401 e. The first-order valence-electron chi connectivity index (χ1n) is 6.06. The van der Waals surface area contributed by atoms with Crippen molar-refractivity contribution in [1.82, 2.24) is 14.8 Å².